The van der Waals surface area contributed by atoms with Gasteiger partial charge >= 0.3 is 5.97 Å². The van der Waals surface area contributed by atoms with Crippen molar-refractivity contribution in [2.75, 3.05) is 25.4 Å². The van der Waals surface area contributed by atoms with E-state index >= 15 is 0 Å². The molecule has 6 heteroatoms. The number of aliphatic carboxylic acids is 1. The van der Waals surface area contributed by atoms with Gasteiger partial charge < -0.3 is 14.6 Å². The first-order valence-corrected chi connectivity index (χ1v) is 8.60. The number of carboxylic acids is 1. The first kappa shape index (κ1) is 18.0. The van der Waals surface area contributed by atoms with Gasteiger partial charge in [-0.15, -0.1) is 0 Å². The number of rotatable bonds is 10. The van der Waals surface area contributed by atoms with E-state index in [9.17, 15) is 4.79 Å². The summed E-state index contributed by atoms with van der Waals surface area (Å²) in [6, 6.07) is 0. The molecule has 0 aliphatic rings. The Morgan fingerprint density at radius 2 is 2.14 bits per heavy atom. The zero-order chi connectivity index (χ0) is 15.8. The lowest BCUT2D eigenvalue weighted by Gasteiger charge is -2.21. The quantitative estimate of drug-likeness (QED) is 0.673. The molecule has 0 aliphatic carbocycles. The zero-order valence-electron chi connectivity index (χ0n) is 13.5. The summed E-state index contributed by atoms with van der Waals surface area (Å²) in [5.74, 6) is -0.360. The Balaban J connectivity index is 2.80. The van der Waals surface area contributed by atoms with Crippen LogP contribution in [0.25, 0.3) is 0 Å². The second kappa shape index (κ2) is 9.10. The number of nitrogens with zero attached hydrogens (tertiary/aromatic N) is 3. The molecule has 1 N–H and O–H groups in total. The highest BCUT2D eigenvalue weighted by Crippen LogP contribution is 2.23. The molecule has 0 spiro atoms. The number of aromatic nitrogens is 2. The Morgan fingerprint density at radius 3 is 2.67 bits per heavy atom. The molecule has 0 saturated carbocycles. The molecule has 0 aromatic carbocycles. The molecule has 0 aliphatic heterocycles. The number of hydrogen-bond donors (Lipinski definition) is 1. The fraction of sp³-hybridized carbons (Fsp3) is 0.733. The van der Waals surface area contributed by atoms with Crippen LogP contribution in [-0.4, -0.2) is 50.9 Å². The van der Waals surface area contributed by atoms with Crippen molar-refractivity contribution in [3.05, 3.63) is 11.9 Å². The van der Waals surface area contributed by atoms with Crippen LogP contribution >= 0.6 is 11.8 Å². The number of likely N-dealkylation sites (N-methyl/N-ethyl adjacent to an activating group) is 1. The molecule has 0 radical (unpaired) electrons. The third kappa shape index (κ3) is 5.71. The molecule has 120 valence electrons. The van der Waals surface area contributed by atoms with Crippen LogP contribution in [0.3, 0.4) is 0 Å². The number of thioether (sulfide) groups is 1. The van der Waals surface area contributed by atoms with E-state index in [0.29, 0.717) is 5.92 Å². The second-order valence-corrected chi connectivity index (χ2v) is 6.33. The summed E-state index contributed by atoms with van der Waals surface area (Å²) in [6.07, 6.45) is 3.03. The predicted molar refractivity (Wildman–Crippen MR) is 87.1 cm³/mol. The van der Waals surface area contributed by atoms with Gasteiger partial charge in [0.05, 0.1) is 5.75 Å². The highest BCUT2D eigenvalue weighted by Gasteiger charge is 2.15. The summed E-state index contributed by atoms with van der Waals surface area (Å²) >= 11 is 1.30. The molecule has 0 fully saturated rings. The van der Waals surface area contributed by atoms with Crippen LogP contribution in [0, 0.1) is 0 Å². The first-order chi connectivity index (χ1) is 9.99. The van der Waals surface area contributed by atoms with Crippen LogP contribution < -0.4 is 0 Å². The van der Waals surface area contributed by atoms with Crippen LogP contribution in [0.1, 0.15) is 45.7 Å². The van der Waals surface area contributed by atoms with Crippen LogP contribution in [0.5, 0.6) is 0 Å². The molecular formula is C15H27N3O2S. The maximum absolute atomic E-state index is 10.8. The zero-order valence-corrected chi connectivity index (χ0v) is 14.3. The van der Waals surface area contributed by atoms with E-state index in [4.69, 9.17) is 5.11 Å². The number of hydrogen-bond acceptors (Lipinski definition) is 4. The van der Waals surface area contributed by atoms with Crippen LogP contribution in [-0.2, 0) is 11.3 Å². The predicted octanol–water partition coefficient (Wildman–Crippen LogP) is 2.92. The topological polar surface area (TPSA) is 58.4 Å². The summed E-state index contributed by atoms with van der Waals surface area (Å²) in [5, 5.41) is 9.66. The summed E-state index contributed by atoms with van der Waals surface area (Å²) in [4.78, 5) is 17.6. The van der Waals surface area contributed by atoms with E-state index in [0.717, 1.165) is 37.8 Å². The lowest BCUT2D eigenvalue weighted by atomic mass is 10.1. The first-order valence-electron chi connectivity index (χ1n) is 7.61. The van der Waals surface area contributed by atoms with E-state index in [-0.39, 0.29) is 5.75 Å². The van der Waals surface area contributed by atoms with Gasteiger partial charge in [-0.3, -0.25) is 4.79 Å². The third-order valence-electron chi connectivity index (χ3n) is 3.39. The maximum atomic E-state index is 10.8. The Kier molecular flexibility index (Phi) is 7.82. The average Bonchev–Trinajstić information content (AvgIpc) is 2.84. The molecule has 1 aromatic rings. The lowest BCUT2D eigenvalue weighted by molar-refractivity contribution is -0.133. The van der Waals surface area contributed by atoms with Crippen LogP contribution in [0.15, 0.2) is 11.4 Å². The molecule has 0 bridgehead atoms. The Labute approximate surface area is 131 Å². The van der Waals surface area contributed by atoms with Gasteiger partial charge in [0.25, 0.3) is 0 Å². The average molecular weight is 313 g/mol. The minimum atomic E-state index is -0.804. The SMILES string of the molecule is CCCN(CC)CCn1c(C(C)C)cnc1SCC(=O)O. The van der Waals surface area contributed by atoms with Gasteiger partial charge in [-0.05, 0) is 25.4 Å². The summed E-state index contributed by atoms with van der Waals surface area (Å²) < 4.78 is 2.18. The Morgan fingerprint density at radius 1 is 1.43 bits per heavy atom. The molecule has 1 aromatic heterocycles. The highest BCUT2D eigenvalue weighted by molar-refractivity contribution is 7.99. The van der Waals surface area contributed by atoms with E-state index < -0.39 is 5.97 Å². The largest absolute Gasteiger partial charge is 0.481 e. The van der Waals surface area contributed by atoms with Gasteiger partial charge in [0, 0.05) is 25.0 Å². The van der Waals surface area contributed by atoms with Crippen LogP contribution in [0.2, 0.25) is 0 Å². The molecular weight excluding hydrogens is 286 g/mol. The summed E-state index contributed by atoms with van der Waals surface area (Å²) in [5.41, 5.74) is 1.18. The molecule has 0 amide bonds. The maximum Gasteiger partial charge on any atom is 0.313 e. The van der Waals surface area contributed by atoms with Gasteiger partial charge in [0.2, 0.25) is 0 Å². The molecule has 0 saturated heterocycles. The normalized spacial score (nSPS) is 11.5. The van der Waals surface area contributed by atoms with E-state index in [1.807, 2.05) is 6.20 Å². The minimum absolute atomic E-state index is 0.0565. The molecule has 1 heterocycles. The lowest BCUT2D eigenvalue weighted by Crippen LogP contribution is -2.28. The Hall–Kier alpha value is -1.01. The molecule has 0 atom stereocenters. The van der Waals surface area contributed by atoms with Gasteiger partial charge in [-0.1, -0.05) is 39.5 Å². The fourth-order valence-corrected chi connectivity index (χ4v) is 3.02. The van der Waals surface area contributed by atoms with Gasteiger partial charge in [-0.2, -0.15) is 0 Å². The van der Waals surface area contributed by atoms with Crippen LogP contribution in [0.4, 0.5) is 0 Å². The van der Waals surface area contributed by atoms with E-state index in [1.165, 1.54) is 17.5 Å². The van der Waals surface area contributed by atoms with Crippen molar-refractivity contribution in [1.29, 1.82) is 0 Å². The molecule has 21 heavy (non-hydrogen) atoms. The van der Waals surface area contributed by atoms with Crippen molar-refractivity contribution in [2.24, 2.45) is 0 Å². The smallest absolute Gasteiger partial charge is 0.313 e. The van der Waals surface area contributed by atoms with Crippen molar-refractivity contribution < 1.29 is 9.90 Å². The van der Waals surface area contributed by atoms with Crippen molar-refractivity contribution in [3.8, 4) is 0 Å². The van der Waals surface area contributed by atoms with Gasteiger partial charge in [-0.25, -0.2) is 4.98 Å². The molecule has 0 unspecified atom stereocenters. The summed E-state index contributed by atoms with van der Waals surface area (Å²) in [6.45, 7) is 12.6. The Bertz CT molecular complexity index is 446. The third-order valence-corrected chi connectivity index (χ3v) is 4.37. The molecule has 5 nitrogen and oxygen atoms in total. The second-order valence-electron chi connectivity index (χ2n) is 5.39. The van der Waals surface area contributed by atoms with Gasteiger partial charge in [0.1, 0.15) is 0 Å². The van der Waals surface area contributed by atoms with Crippen molar-refractivity contribution in [3.63, 3.8) is 0 Å². The van der Waals surface area contributed by atoms with Crippen molar-refractivity contribution in [1.82, 2.24) is 14.5 Å². The standard InChI is InChI=1S/C15H27N3O2S/c1-5-7-17(6-2)8-9-18-13(12(3)4)10-16-15(18)21-11-14(19)20/h10,12H,5-9,11H2,1-4H3,(H,19,20). The van der Waals surface area contributed by atoms with Crippen molar-refractivity contribution in [2.45, 2.75) is 51.7 Å². The van der Waals surface area contributed by atoms with Gasteiger partial charge in [0.15, 0.2) is 5.16 Å². The van der Waals surface area contributed by atoms with Crippen molar-refractivity contribution >= 4 is 17.7 Å². The van der Waals surface area contributed by atoms with E-state index in [2.05, 4.69) is 42.1 Å². The summed E-state index contributed by atoms with van der Waals surface area (Å²) in [7, 11) is 0. The number of carbonyl (C=O) groups is 1. The van der Waals surface area contributed by atoms with E-state index in [1.54, 1.807) is 0 Å². The highest BCUT2D eigenvalue weighted by atomic mass is 32.2. The minimum Gasteiger partial charge on any atom is -0.481 e. The monoisotopic (exact) mass is 313 g/mol. The number of carboxylic acid groups (broad SMARTS) is 1. The number of imidazole rings is 1. The molecule has 1 rings (SSSR count). The fourth-order valence-electron chi connectivity index (χ4n) is 2.28.